The van der Waals surface area contributed by atoms with Crippen LogP contribution in [-0.2, 0) is 0 Å². The lowest BCUT2D eigenvalue weighted by Gasteiger charge is -2.09. The van der Waals surface area contributed by atoms with E-state index in [0.29, 0.717) is 0 Å². The molecule has 1 heterocycles. The summed E-state index contributed by atoms with van der Waals surface area (Å²) >= 11 is 0. The molecular formula is C11H14N2. The molecule has 68 valence electrons. The van der Waals surface area contributed by atoms with Crippen LogP contribution in [0.25, 0.3) is 10.9 Å². The molecule has 0 aliphatic carbocycles. The summed E-state index contributed by atoms with van der Waals surface area (Å²) in [5.74, 6) is 0. The van der Waals surface area contributed by atoms with Crippen molar-refractivity contribution in [1.29, 1.82) is 0 Å². The largest absolute Gasteiger partial charge is 0.361 e. The van der Waals surface area contributed by atoms with Crippen molar-refractivity contribution in [3.63, 3.8) is 0 Å². The fraction of sp³-hybridized carbons (Fsp3) is 0.273. The second-order valence-corrected chi connectivity index (χ2v) is 3.30. The van der Waals surface area contributed by atoms with Crippen LogP contribution >= 0.6 is 0 Å². The number of nitrogens with two attached hydrogens (primary N) is 1. The second kappa shape index (κ2) is 3.23. The fourth-order valence-electron chi connectivity index (χ4n) is 1.64. The quantitative estimate of drug-likeness (QED) is 0.722. The Morgan fingerprint density at radius 2 is 2.23 bits per heavy atom. The third-order valence-electron chi connectivity index (χ3n) is 2.46. The number of aromatic nitrogens is 1. The van der Waals surface area contributed by atoms with E-state index in [9.17, 15) is 0 Å². The summed E-state index contributed by atoms with van der Waals surface area (Å²) in [4.78, 5) is 3.22. The maximum absolute atomic E-state index is 6.00. The Kier molecular flexibility index (Phi) is 2.07. The summed E-state index contributed by atoms with van der Waals surface area (Å²) in [6, 6.07) is 8.45. The second-order valence-electron chi connectivity index (χ2n) is 3.30. The van der Waals surface area contributed by atoms with E-state index in [2.05, 4.69) is 36.2 Å². The minimum Gasteiger partial charge on any atom is -0.361 e. The number of para-hydroxylation sites is 1. The van der Waals surface area contributed by atoms with Crippen molar-refractivity contribution in [2.75, 3.05) is 0 Å². The molecule has 1 aromatic carbocycles. The van der Waals surface area contributed by atoms with Crippen LogP contribution in [0.4, 0.5) is 0 Å². The lowest BCUT2D eigenvalue weighted by atomic mass is 10.0. The Hall–Kier alpha value is -1.28. The smallest absolute Gasteiger partial charge is 0.0502 e. The van der Waals surface area contributed by atoms with Crippen molar-refractivity contribution in [1.82, 2.24) is 4.98 Å². The summed E-state index contributed by atoms with van der Waals surface area (Å²) in [6.07, 6.45) is 2.93. The number of benzene rings is 1. The molecule has 1 aromatic heterocycles. The summed E-state index contributed by atoms with van der Waals surface area (Å²) in [6.45, 7) is 2.10. The molecule has 13 heavy (non-hydrogen) atoms. The normalized spacial score (nSPS) is 13.4. The Morgan fingerprint density at radius 3 is 3.00 bits per heavy atom. The molecule has 0 bridgehead atoms. The minimum absolute atomic E-state index is 0.141. The van der Waals surface area contributed by atoms with Crippen LogP contribution in [0.15, 0.2) is 30.5 Å². The van der Waals surface area contributed by atoms with E-state index in [1.165, 1.54) is 16.5 Å². The molecule has 0 saturated heterocycles. The van der Waals surface area contributed by atoms with E-state index in [0.717, 1.165) is 6.42 Å². The highest BCUT2D eigenvalue weighted by molar-refractivity contribution is 5.82. The van der Waals surface area contributed by atoms with Gasteiger partial charge >= 0.3 is 0 Å². The average molecular weight is 174 g/mol. The highest BCUT2D eigenvalue weighted by atomic mass is 14.7. The Bertz CT molecular complexity index is 403. The lowest BCUT2D eigenvalue weighted by molar-refractivity contribution is 0.703. The SMILES string of the molecule is CC[C@H](N)c1cccc2cc[nH]c12. The van der Waals surface area contributed by atoms with Crippen molar-refractivity contribution in [3.05, 3.63) is 36.0 Å². The van der Waals surface area contributed by atoms with Crippen LogP contribution in [0.5, 0.6) is 0 Å². The number of H-pyrrole nitrogens is 1. The summed E-state index contributed by atoms with van der Waals surface area (Å²) in [5, 5.41) is 1.24. The molecule has 0 aliphatic heterocycles. The van der Waals surface area contributed by atoms with E-state index >= 15 is 0 Å². The third-order valence-corrected chi connectivity index (χ3v) is 2.46. The van der Waals surface area contributed by atoms with Crippen LogP contribution in [0.3, 0.4) is 0 Å². The molecule has 0 radical (unpaired) electrons. The van der Waals surface area contributed by atoms with Crippen LogP contribution < -0.4 is 5.73 Å². The van der Waals surface area contributed by atoms with Crippen molar-refractivity contribution in [2.45, 2.75) is 19.4 Å². The van der Waals surface area contributed by atoms with E-state index in [4.69, 9.17) is 5.73 Å². The van der Waals surface area contributed by atoms with Gasteiger partial charge in [-0.3, -0.25) is 0 Å². The molecule has 0 spiro atoms. The lowest BCUT2D eigenvalue weighted by Crippen LogP contribution is -2.08. The molecule has 3 N–H and O–H groups in total. The molecule has 2 nitrogen and oxygen atoms in total. The molecule has 0 saturated carbocycles. The molecule has 0 aliphatic rings. The number of fused-ring (bicyclic) bond motifs is 1. The topological polar surface area (TPSA) is 41.8 Å². The standard InChI is InChI=1S/C11H14N2/c1-2-10(12)9-5-3-4-8-6-7-13-11(8)9/h3-7,10,13H,2,12H2,1H3/t10-/m0/s1. The molecule has 2 heteroatoms. The van der Waals surface area contributed by atoms with Gasteiger partial charge < -0.3 is 10.7 Å². The van der Waals surface area contributed by atoms with Gasteiger partial charge in [0.05, 0.1) is 5.52 Å². The van der Waals surface area contributed by atoms with E-state index < -0.39 is 0 Å². The van der Waals surface area contributed by atoms with Crippen molar-refractivity contribution < 1.29 is 0 Å². The van der Waals surface area contributed by atoms with Crippen LogP contribution in [0, 0.1) is 0 Å². The fourth-order valence-corrected chi connectivity index (χ4v) is 1.64. The van der Waals surface area contributed by atoms with Crippen molar-refractivity contribution in [2.24, 2.45) is 5.73 Å². The number of rotatable bonds is 2. The van der Waals surface area contributed by atoms with Gasteiger partial charge in [0.2, 0.25) is 0 Å². The number of nitrogens with one attached hydrogen (secondary N) is 1. The molecule has 0 unspecified atom stereocenters. The Morgan fingerprint density at radius 1 is 1.38 bits per heavy atom. The van der Waals surface area contributed by atoms with Gasteiger partial charge in [-0.15, -0.1) is 0 Å². The maximum atomic E-state index is 6.00. The maximum Gasteiger partial charge on any atom is 0.0502 e. The zero-order valence-electron chi connectivity index (χ0n) is 7.75. The first-order valence-electron chi connectivity index (χ1n) is 4.64. The number of aromatic amines is 1. The van der Waals surface area contributed by atoms with Gasteiger partial charge in [-0.05, 0) is 23.4 Å². The van der Waals surface area contributed by atoms with Crippen molar-refractivity contribution >= 4 is 10.9 Å². The first-order valence-corrected chi connectivity index (χ1v) is 4.64. The van der Waals surface area contributed by atoms with E-state index in [1.807, 2.05) is 6.20 Å². The predicted octanol–water partition coefficient (Wildman–Crippen LogP) is 2.58. The minimum atomic E-state index is 0.141. The Labute approximate surface area is 77.8 Å². The third kappa shape index (κ3) is 1.33. The molecule has 2 rings (SSSR count). The monoisotopic (exact) mass is 174 g/mol. The first-order chi connectivity index (χ1) is 6.33. The first kappa shape index (κ1) is 8.32. The zero-order valence-corrected chi connectivity index (χ0v) is 7.75. The molecular weight excluding hydrogens is 160 g/mol. The van der Waals surface area contributed by atoms with Gasteiger partial charge in [-0.25, -0.2) is 0 Å². The zero-order chi connectivity index (χ0) is 9.26. The molecule has 0 fully saturated rings. The van der Waals surface area contributed by atoms with Gasteiger partial charge in [-0.2, -0.15) is 0 Å². The number of hydrogen-bond donors (Lipinski definition) is 2. The van der Waals surface area contributed by atoms with Gasteiger partial charge in [0, 0.05) is 12.2 Å². The highest BCUT2D eigenvalue weighted by Crippen LogP contribution is 2.22. The molecule has 2 aromatic rings. The highest BCUT2D eigenvalue weighted by Gasteiger charge is 2.07. The van der Waals surface area contributed by atoms with Gasteiger partial charge in [-0.1, -0.05) is 25.1 Å². The summed E-state index contributed by atoms with van der Waals surface area (Å²) < 4.78 is 0. The Balaban J connectivity index is 2.60. The number of hydrogen-bond acceptors (Lipinski definition) is 1. The van der Waals surface area contributed by atoms with Crippen LogP contribution in [0.1, 0.15) is 24.9 Å². The van der Waals surface area contributed by atoms with Crippen LogP contribution in [0.2, 0.25) is 0 Å². The van der Waals surface area contributed by atoms with E-state index in [-0.39, 0.29) is 6.04 Å². The van der Waals surface area contributed by atoms with E-state index in [1.54, 1.807) is 0 Å². The van der Waals surface area contributed by atoms with Crippen molar-refractivity contribution in [3.8, 4) is 0 Å². The van der Waals surface area contributed by atoms with Gasteiger partial charge in [0.25, 0.3) is 0 Å². The molecule has 1 atom stereocenters. The average Bonchev–Trinajstić information content (AvgIpc) is 2.63. The van der Waals surface area contributed by atoms with Gasteiger partial charge in [0.15, 0.2) is 0 Å². The van der Waals surface area contributed by atoms with Crippen LogP contribution in [-0.4, -0.2) is 4.98 Å². The summed E-state index contributed by atoms with van der Waals surface area (Å²) in [7, 11) is 0. The predicted molar refractivity (Wildman–Crippen MR) is 55.5 cm³/mol. The van der Waals surface area contributed by atoms with Gasteiger partial charge in [0.1, 0.15) is 0 Å². The molecule has 0 amide bonds. The summed E-state index contributed by atoms with van der Waals surface area (Å²) in [5.41, 5.74) is 8.39.